The molecule has 7 heteroatoms. The van der Waals surface area contributed by atoms with Gasteiger partial charge in [0.1, 0.15) is 0 Å². The van der Waals surface area contributed by atoms with Gasteiger partial charge in [0, 0.05) is 5.69 Å². The van der Waals surface area contributed by atoms with Gasteiger partial charge >= 0.3 is 6.18 Å². The van der Waals surface area contributed by atoms with E-state index in [0.717, 1.165) is 12.1 Å². The standard InChI is InChI=1S/C11H14F3NO2S/c1-2-3-6-18(16,17)8-4-5-10(15)9(7-8)11(12,13)14/h4-5,7H,2-3,6,15H2,1H3. The first kappa shape index (κ1) is 14.8. The number of nitrogens with two attached hydrogens (primary N) is 1. The number of anilines is 1. The number of hydrogen-bond donors (Lipinski definition) is 1. The number of benzene rings is 1. The fraction of sp³-hybridized carbons (Fsp3) is 0.455. The molecule has 3 nitrogen and oxygen atoms in total. The van der Waals surface area contributed by atoms with E-state index in [1.165, 1.54) is 0 Å². The summed E-state index contributed by atoms with van der Waals surface area (Å²) in [7, 11) is -3.68. The molecule has 0 unspecified atom stereocenters. The first-order valence-corrected chi connectivity index (χ1v) is 7.03. The van der Waals surface area contributed by atoms with Gasteiger partial charge in [-0.2, -0.15) is 13.2 Å². The molecule has 102 valence electrons. The van der Waals surface area contributed by atoms with Crippen LogP contribution >= 0.6 is 0 Å². The third-order valence-corrected chi connectivity index (χ3v) is 4.25. The van der Waals surface area contributed by atoms with Gasteiger partial charge in [-0.1, -0.05) is 13.3 Å². The first-order chi connectivity index (χ1) is 8.18. The molecule has 0 spiro atoms. The molecule has 1 rings (SSSR count). The highest BCUT2D eigenvalue weighted by atomic mass is 32.2. The maximum Gasteiger partial charge on any atom is 0.418 e. The Bertz CT molecular complexity index is 524. The molecule has 0 radical (unpaired) electrons. The fourth-order valence-corrected chi connectivity index (χ4v) is 2.90. The van der Waals surface area contributed by atoms with E-state index < -0.39 is 27.3 Å². The van der Waals surface area contributed by atoms with Gasteiger partial charge in [-0.25, -0.2) is 8.42 Å². The van der Waals surface area contributed by atoms with Crippen LogP contribution < -0.4 is 5.73 Å². The molecule has 0 aromatic heterocycles. The van der Waals surface area contributed by atoms with Crippen LogP contribution in [-0.2, 0) is 16.0 Å². The maximum atomic E-state index is 12.6. The zero-order chi connectivity index (χ0) is 14.0. The zero-order valence-corrected chi connectivity index (χ0v) is 10.6. The molecule has 0 aliphatic heterocycles. The van der Waals surface area contributed by atoms with Crippen molar-refractivity contribution in [2.45, 2.75) is 30.8 Å². The molecule has 0 fully saturated rings. The van der Waals surface area contributed by atoms with Crippen LogP contribution in [0.1, 0.15) is 25.3 Å². The van der Waals surface area contributed by atoms with E-state index >= 15 is 0 Å². The average molecular weight is 281 g/mol. The molecular weight excluding hydrogens is 267 g/mol. The Morgan fingerprint density at radius 3 is 2.39 bits per heavy atom. The lowest BCUT2D eigenvalue weighted by atomic mass is 10.2. The van der Waals surface area contributed by atoms with E-state index in [1.807, 2.05) is 0 Å². The quantitative estimate of drug-likeness (QED) is 0.863. The summed E-state index contributed by atoms with van der Waals surface area (Å²) in [5.41, 5.74) is 3.62. The van der Waals surface area contributed by atoms with Crippen LogP contribution in [0.3, 0.4) is 0 Å². The molecule has 0 aliphatic rings. The Hall–Kier alpha value is -1.24. The molecule has 18 heavy (non-hydrogen) atoms. The summed E-state index contributed by atoms with van der Waals surface area (Å²) in [6, 6.07) is 2.68. The van der Waals surface area contributed by atoms with Crippen LogP contribution in [0.5, 0.6) is 0 Å². The van der Waals surface area contributed by atoms with Gasteiger partial charge in [0.2, 0.25) is 0 Å². The molecule has 0 saturated carbocycles. The Labute approximate surface area is 104 Å². The maximum absolute atomic E-state index is 12.6. The highest BCUT2D eigenvalue weighted by Gasteiger charge is 2.34. The van der Waals surface area contributed by atoms with Crippen molar-refractivity contribution in [2.24, 2.45) is 0 Å². The van der Waals surface area contributed by atoms with E-state index in [4.69, 9.17) is 5.73 Å². The normalized spacial score (nSPS) is 12.7. The van der Waals surface area contributed by atoms with Crippen molar-refractivity contribution in [3.63, 3.8) is 0 Å². The Balaban J connectivity index is 3.21. The fourth-order valence-electron chi connectivity index (χ4n) is 1.43. The Kier molecular flexibility index (Phi) is 4.26. The summed E-state index contributed by atoms with van der Waals surface area (Å²) in [4.78, 5) is -0.336. The first-order valence-electron chi connectivity index (χ1n) is 5.38. The molecule has 0 bridgehead atoms. The summed E-state index contributed by atoms with van der Waals surface area (Å²) in [6.45, 7) is 1.81. The number of nitrogen functional groups attached to an aromatic ring is 1. The number of unbranched alkanes of at least 4 members (excludes halogenated alkanes) is 1. The van der Waals surface area contributed by atoms with E-state index in [2.05, 4.69) is 0 Å². The van der Waals surface area contributed by atoms with Gasteiger partial charge in [0.15, 0.2) is 9.84 Å². The molecule has 0 amide bonds. The van der Waals surface area contributed by atoms with Crippen molar-refractivity contribution in [1.82, 2.24) is 0 Å². The smallest absolute Gasteiger partial charge is 0.398 e. The van der Waals surface area contributed by atoms with Crippen molar-refractivity contribution in [2.75, 3.05) is 11.5 Å². The molecule has 0 saturated heterocycles. The number of rotatable bonds is 4. The zero-order valence-electron chi connectivity index (χ0n) is 9.79. The average Bonchev–Trinajstić information content (AvgIpc) is 2.25. The van der Waals surface area contributed by atoms with E-state index in [-0.39, 0.29) is 10.6 Å². The third kappa shape index (κ3) is 3.38. The molecule has 0 heterocycles. The third-order valence-electron chi connectivity index (χ3n) is 2.46. The van der Waals surface area contributed by atoms with Crippen LogP contribution in [0, 0.1) is 0 Å². The van der Waals surface area contributed by atoms with Gasteiger partial charge in [-0.15, -0.1) is 0 Å². The second-order valence-corrected chi connectivity index (χ2v) is 6.03. The summed E-state index contributed by atoms with van der Waals surface area (Å²) >= 11 is 0. The summed E-state index contributed by atoms with van der Waals surface area (Å²) in [5, 5.41) is 0. The predicted octanol–water partition coefficient (Wildman–Crippen LogP) is 2.86. The minimum absolute atomic E-state index is 0.162. The Morgan fingerprint density at radius 2 is 1.89 bits per heavy atom. The molecule has 0 aliphatic carbocycles. The number of hydrogen-bond acceptors (Lipinski definition) is 3. The van der Waals surface area contributed by atoms with E-state index in [1.54, 1.807) is 6.92 Å². The van der Waals surface area contributed by atoms with E-state index in [9.17, 15) is 21.6 Å². The number of sulfone groups is 1. The monoisotopic (exact) mass is 281 g/mol. The van der Waals surface area contributed by atoms with Crippen molar-refractivity contribution in [1.29, 1.82) is 0 Å². The number of alkyl halides is 3. The summed E-state index contributed by atoms with van der Waals surface area (Å²) in [5.74, 6) is -0.162. The summed E-state index contributed by atoms with van der Waals surface area (Å²) < 4.78 is 61.3. The number of halogens is 3. The lowest BCUT2D eigenvalue weighted by Crippen LogP contribution is -2.12. The summed E-state index contributed by atoms with van der Waals surface area (Å²) in [6.07, 6.45) is -3.59. The van der Waals surface area contributed by atoms with Crippen molar-refractivity contribution in [3.8, 4) is 0 Å². The topological polar surface area (TPSA) is 60.2 Å². The second kappa shape index (κ2) is 5.17. The van der Waals surface area contributed by atoms with Crippen LogP contribution in [-0.4, -0.2) is 14.2 Å². The Morgan fingerprint density at radius 1 is 1.28 bits per heavy atom. The molecule has 2 N–H and O–H groups in total. The molecule has 0 atom stereocenters. The van der Waals surface area contributed by atoms with Gasteiger partial charge in [-0.3, -0.25) is 0 Å². The van der Waals surface area contributed by atoms with Gasteiger partial charge in [-0.05, 0) is 24.6 Å². The van der Waals surface area contributed by atoms with Crippen molar-refractivity contribution < 1.29 is 21.6 Å². The van der Waals surface area contributed by atoms with Gasteiger partial charge < -0.3 is 5.73 Å². The van der Waals surface area contributed by atoms with Crippen LogP contribution in [0.25, 0.3) is 0 Å². The largest absolute Gasteiger partial charge is 0.418 e. The van der Waals surface area contributed by atoms with Crippen molar-refractivity contribution in [3.05, 3.63) is 23.8 Å². The lowest BCUT2D eigenvalue weighted by Gasteiger charge is -2.12. The van der Waals surface area contributed by atoms with Gasteiger partial charge in [0.05, 0.1) is 16.2 Å². The minimum Gasteiger partial charge on any atom is -0.398 e. The highest BCUT2D eigenvalue weighted by Crippen LogP contribution is 2.35. The van der Waals surface area contributed by atoms with E-state index in [0.29, 0.717) is 18.9 Å². The SMILES string of the molecule is CCCCS(=O)(=O)c1ccc(N)c(C(F)(F)F)c1. The minimum atomic E-state index is -4.65. The molecular formula is C11H14F3NO2S. The predicted molar refractivity (Wildman–Crippen MR) is 62.8 cm³/mol. The van der Waals surface area contributed by atoms with Gasteiger partial charge in [0.25, 0.3) is 0 Å². The lowest BCUT2D eigenvalue weighted by molar-refractivity contribution is -0.137. The van der Waals surface area contributed by atoms with Crippen LogP contribution in [0.15, 0.2) is 23.1 Å². The van der Waals surface area contributed by atoms with Crippen molar-refractivity contribution >= 4 is 15.5 Å². The molecule has 1 aromatic rings. The van der Waals surface area contributed by atoms with Crippen LogP contribution in [0.2, 0.25) is 0 Å². The van der Waals surface area contributed by atoms with Crippen LogP contribution in [0.4, 0.5) is 18.9 Å². The second-order valence-electron chi connectivity index (χ2n) is 3.92. The molecule has 1 aromatic carbocycles. The highest BCUT2D eigenvalue weighted by molar-refractivity contribution is 7.91.